The van der Waals surface area contributed by atoms with Gasteiger partial charge in [-0.15, -0.1) is 0 Å². The SMILES string of the molecule is CC(C)CNCC1CCC1CC1CCCCC1. The van der Waals surface area contributed by atoms with Gasteiger partial charge < -0.3 is 5.32 Å². The molecule has 100 valence electrons. The van der Waals surface area contributed by atoms with E-state index in [1.165, 1.54) is 58.0 Å². The maximum atomic E-state index is 3.65. The second kappa shape index (κ2) is 6.78. The predicted octanol–water partition coefficient (Wildman–Crippen LogP) is 4.23. The van der Waals surface area contributed by atoms with Crippen molar-refractivity contribution < 1.29 is 0 Å². The van der Waals surface area contributed by atoms with Gasteiger partial charge in [0.25, 0.3) is 0 Å². The van der Waals surface area contributed by atoms with E-state index in [0.717, 1.165) is 23.7 Å². The Morgan fingerprint density at radius 1 is 0.941 bits per heavy atom. The standard InChI is InChI=1S/C16H31N/c1-13(2)11-17-12-16-9-8-15(16)10-14-6-4-3-5-7-14/h13-17H,3-12H2,1-2H3. The molecule has 0 aromatic rings. The van der Waals surface area contributed by atoms with E-state index in [9.17, 15) is 0 Å². The Kier molecular flexibility index (Phi) is 5.34. The highest BCUT2D eigenvalue weighted by molar-refractivity contribution is 4.84. The van der Waals surface area contributed by atoms with Crippen LogP contribution in [-0.2, 0) is 0 Å². The highest BCUT2D eigenvalue weighted by Crippen LogP contribution is 2.41. The molecule has 17 heavy (non-hydrogen) atoms. The number of rotatable bonds is 6. The van der Waals surface area contributed by atoms with Crippen LogP contribution in [0, 0.1) is 23.7 Å². The van der Waals surface area contributed by atoms with Crippen molar-refractivity contribution in [3.8, 4) is 0 Å². The molecule has 2 rings (SSSR count). The van der Waals surface area contributed by atoms with Crippen molar-refractivity contribution >= 4 is 0 Å². The molecule has 0 aromatic heterocycles. The Morgan fingerprint density at radius 2 is 1.65 bits per heavy atom. The van der Waals surface area contributed by atoms with Gasteiger partial charge in [-0.25, -0.2) is 0 Å². The number of nitrogens with one attached hydrogen (secondary N) is 1. The van der Waals surface area contributed by atoms with Crippen LogP contribution in [-0.4, -0.2) is 13.1 Å². The molecule has 1 N–H and O–H groups in total. The summed E-state index contributed by atoms with van der Waals surface area (Å²) in [6, 6.07) is 0. The zero-order chi connectivity index (χ0) is 12.1. The second-order valence-electron chi connectivity index (χ2n) is 6.89. The van der Waals surface area contributed by atoms with Gasteiger partial charge in [-0.1, -0.05) is 46.0 Å². The summed E-state index contributed by atoms with van der Waals surface area (Å²) in [5.74, 6) is 3.96. The van der Waals surface area contributed by atoms with Gasteiger partial charge >= 0.3 is 0 Å². The average molecular weight is 237 g/mol. The van der Waals surface area contributed by atoms with Crippen LogP contribution >= 0.6 is 0 Å². The molecule has 0 bridgehead atoms. The van der Waals surface area contributed by atoms with Crippen LogP contribution in [0.5, 0.6) is 0 Å². The molecule has 0 heterocycles. The average Bonchev–Trinajstić information content (AvgIpc) is 2.31. The predicted molar refractivity (Wildman–Crippen MR) is 75.1 cm³/mol. The first-order valence-corrected chi connectivity index (χ1v) is 7.96. The minimum Gasteiger partial charge on any atom is -0.316 e. The molecule has 2 aliphatic carbocycles. The third-order valence-electron chi connectivity index (χ3n) is 4.89. The zero-order valence-corrected chi connectivity index (χ0v) is 11.9. The van der Waals surface area contributed by atoms with Crippen molar-refractivity contribution in [3.05, 3.63) is 0 Å². The van der Waals surface area contributed by atoms with E-state index < -0.39 is 0 Å². The number of hydrogen-bond donors (Lipinski definition) is 1. The highest BCUT2D eigenvalue weighted by atomic mass is 14.9. The summed E-state index contributed by atoms with van der Waals surface area (Å²) < 4.78 is 0. The lowest BCUT2D eigenvalue weighted by Crippen LogP contribution is -2.37. The molecule has 1 heteroatoms. The van der Waals surface area contributed by atoms with Crippen LogP contribution in [0.2, 0.25) is 0 Å². The Labute approximate surface area is 108 Å². The van der Waals surface area contributed by atoms with E-state index in [1.54, 1.807) is 6.42 Å². The fourth-order valence-electron chi connectivity index (χ4n) is 3.63. The van der Waals surface area contributed by atoms with Crippen molar-refractivity contribution in [3.63, 3.8) is 0 Å². The van der Waals surface area contributed by atoms with Crippen molar-refractivity contribution in [1.82, 2.24) is 5.32 Å². The molecule has 0 radical (unpaired) electrons. The van der Waals surface area contributed by atoms with Crippen LogP contribution in [0.15, 0.2) is 0 Å². The van der Waals surface area contributed by atoms with Crippen molar-refractivity contribution in [2.75, 3.05) is 13.1 Å². The summed E-state index contributed by atoms with van der Waals surface area (Å²) in [4.78, 5) is 0. The summed E-state index contributed by atoms with van der Waals surface area (Å²) in [5, 5.41) is 3.65. The second-order valence-corrected chi connectivity index (χ2v) is 6.89. The fourth-order valence-corrected chi connectivity index (χ4v) is 3.63. The Hall–Kier alpha value is -0.0400. The van der Waals surface area contributed by atoms with Crippen molar-refractivity contribution in [1.29, 1.82) is 0 Å². The van der Waals surface area contributed by atoms with E-state index in [0.29, 0.717) is 0 Å². The largest absolute Gasteiger partial charge is 0.316 e. The molecule has 0 aliphatic heterocycles. The Bertz CT molecular complexity index is 206. The molecule has 2 aliphatic rings. The molecule has 1 nitrogen and oxygen atoms in total. The van der Waals surface area contributed by atoms with E-state index in [1.807, 2.05) is 0 Å². The van der Waals surface area contributed by atoms with Gasteiger partial charge in [0, 0.05) is 0 Å². The summed E-state index contributed by atoms with van der Waals surface area (Å²) in [5.41, 5.74) is 0. The summed E-state index contributed by atoms with van der Waals surface area (Å²) >= 11 is 0. The number of hydrogen-bond acceptors (Lipinski definition) is 1. The molecule has 2 atom stereocenters. The van der Waals surface area contributed by atoms with Crippen LogP contribution in [0.4, 0.5) is 0 Å². The van der Waals surface area contributed by atoms with Crippen molar-refractivity contribution in [2.45, 2.75) is 65.2 Å². The van der Waals surface area contributed by atoms with E-state index in [2.05, 4.69) is 19.2 Å². The molecule has 2 unspecified atom stereocenters. The van der Waals surface area contributed by atoms with Gasteiger partial charge in [0.1, 0.15) is 0 Å². The molecule has 2 fully saturated rings. The smallest absolute Gasteiger partial charge is 0.00178 e. The summed E-state index contributed by atoms with van der Waals surface area (Å²) in [6.45, 7) is 7.09. The van der Waals surface area contributed by atoms with E-state index in [-0.39, 0.29) is 0 Å². The van der Waals surface area contributed by atoms with Crippen LogP contribution in [0.1, 0.15) is 65.2 Å². The summed E-state index contributed by atoms with van der Waals surface area (Å²) in [6.07, 6.45) is 12.1. The fraction of sp³-hybridized carbons (Fsp3) is 1.00. The molecule has 0 aromatic carbocycles. The van der Waals surface area contributed by atoms with Gasteiger partial charge in [-0.2, -0.15) is 0 Å². The van der Waals surface area contributed by atoms with E-state index >= 15 is 0 Å². The van der Waals surface area contributed by atoms with Crippen molar-refractivity contribution in [2.24, 2.45) is 23.7 Å². The van der Waals surface area contributed by atoms with Crippen LogP contribution in [0.3, 0.4) is 0 Å². The quantitative estimate of drug-likeness (QED) is 0.729. The first-order valence-electron chi connectivity index (χ1n) is 7.96. The molecular weight excluding hydrogens is 206 g/mol. The maximum absolute atomic E-state index is 3.65. The topological polar surface area (TPSA) is 12.0 Å². The lowest BCUT2D eigenvalue weighted by molar-refractivity contribution is 0.124. The highest BCUT2D eigenvalue weighted by Gasteiger charge is 2.32. The zero-order valence-electron chi connectivity index (χ0n) is 11.9. The van der Waals surface area contributed by atoms with Crippen LogP contribution in [0.25, 0.3) is 0 Å². The minimum absolute atomic E-state index is 0.798. The van der Waals surface area contributed by atoms with Gasteiger partial charge in [0.05, 0.1) is 0 Å². The minimum atomic E-state index is 0.798. The lowest BCUT2D eigenvalue weighted by Gasteiger charge is -2.40. The van der Waals surface area contributed by atoms with Gasteiger partial charge in [-0.3, -0.25) is 0 Å². The molecular formula is C16H31N. The normalized spacial score (nSPS) is 30.5. The van der Waals surface area contributed by atoms with E-state index in [4.69, 9.17) is 0 Å². The first-order chi connectivity index (χ1) is 8.25. The molecule has 0 amide bonds. The molecule has 0 saturated heterocycles. The monoisotopic (exact) mass is 237 g/mol. The van der Waals surface area contributed by atoms with Gasteiger partial charge in [0.2, 0.25) is 0 Å². The third-order valence-corrected chi connectivity index (χ3v) is 4.89. The Morgan fingerprint density at radius 3 is 2.24 bits per heavy atom. The van der Waals surface area contributed by atoms with Gasteiger partial charge in [0.15, 0.2) is 0 Å². The molecule has 0 spiro atoms. The Balaban J connectivity index is 1.60. The summed E-state index contributed by atoms with van der Waals surface area (Å²) in [7, 11) is 0. The van der Waals surface area contributed by atoms with Crippen LogP contribution < -0.4 is 5.32 Å². The maximum Gasteiger partial charge on any atom is -0.00178 e. The lowest BCUT2D eigenvalue weighted by atomic mass is 9.68. The van der Waals surface area contributed by atoms with Gasteiger partial charge in [-0.05, 0) is 56.0 Å². The molecule has 2 saturated carbocycles. The third kappa shape index (κ3) is 4.28. The first kappa shape index (κ1) is 13.4.